The first-order chi connectivity index (χ1) is 8.24. The third-order valence-corrected chi connectivity index (χ3v) is 3.22. The van der Waals surface area contributed by atoms with Gasteiger partial charge in [0, 0.05) is 5.56 Å². The van der Waals surface area contributed by atoms with Crippen molar-refractivity contribution in [3.8, 4) is 11.4 Å². The molecule has 0 saturated carbocycles. The molecule has 86 valence electrons. The molecule has 0 saturated heterocycles. The lowest BCUT2D eigenvalue weighted by Gasteiger charge is -2.05. The van der Waals surface area contributed by atoms with Crippen LogP contribution in [-0.4, -0.2) is 20.6 Å². The van der Waals surface area contributed by atoms with Gasteiger partial charge >= 0.3 is 0 Å². The fraction of sp³-hybridized carbons (Fsp3) is 0.308. The molecule has 2 aromatic rings. The largest absolute Gasteiger partial charge is 0.204 e. The molecular weight excluding hydrogens is 212 g/mol. The van der Waals surface area contributed by atoms with Crippen molar-refractivity contribution in [3.05, 3.63) is 34.9 Å². The summed E-state index contributed by atoms with van der Waals surface area (Å²) in [4.78, 5) is 0. The fourth-order valence-electron chi connectivity index (χ4n) is 2.16. The Balaban J connectivity index is 1.97. The molecule has 0 fully saturated rings. The number of tetrazole rings is 1. The van der Waals surface area contributed by atoms with Crippen LogP contribution >= 0.6 is 0 Å². The highest BCUT2D eigenvalue weighted by Gasteiger charge is 2.16. The molecule has 1 aromatic carbocycles. The Kier molecular flexibility index (Phi) is 2.28. The number of aromatic amines is 1. The summed E-state index contributed by atoms with van der Waals surface area (Å²) < 4.78 is 0. The Morgan fingerprint density at radius 1 is 1.29 bits per heavy atom. The molecule has 0 amide bonds. The molecule has 0 unspecified atom stereocenters. The van der Waals surface area contributed by atoms with Crippen LogP contribution in [0.2, 0.25) is 0 Å². The minimum Gasteiger partial charge on any atom is -0.177 e. The second-order valence-corrected chi connectivity index (χ2v) is 4.70. The van der Waals surface area contributed by atoms with E-state index in [1.54, 1.807) is 0 Å². The number of hydrogen-bond donors (Lipinski definition) is 1. The zero-order valence-electron chi connectivity index (χ0n) is 9.94. The van der Waals surface area contributed by atoms with Crippen LogP contribution in [0.15, 0.2) is 23.8 Å². The van der Waals surface area contributed by atoms with Crippen LogP contribution in [0, 0.1) is 5.92 Å². The molecule has 0 atom stereocenters. The quantitative estimate of drug-likeness (QED) is 0.855. The lowest BCUT2D eigenvalue weighted by atomic mass is 10.0. The highest BCUT2D eigenvalue weighted by molar-refractivity contribution is 5.69. The Bertz CT molecular complexity index is 567. The number of rotatable bonds is 2. The minimum absolute atomic E-state index is 0.607. The summed E-state index contributed by atoms with van der Waals surface area (Å²) in [7, 11) is 0. The van der Waals surface area contributed by atoms with Gasteiger partial charge in [-0.25, -0.2) is 0 Å². The van der Waals surface area contributed by atoms with Gasteiger partial charge in [0.25, 0.3) is 0 Å². The Morgan fingerprint density at radius 3 is 2.88 bits per heavy atom. The predicted octanol–water partition coefficient (Wildman–Crippen LogP) is 2.46. The Morgan fingerprint density at radius 2 is 2.18 bits per heavy atom. The van der Waals surface area contributed by atoms with Gasteiger partial charge < -0.3 is 0 Å². The smallest absolute Gasteiger partial charge is 0.177 e. The third-order valence-electron chi connectivity index (χ3n) is 3.22. The second kappa shape index (κ2) is 3.80. The first-order valence-corrected chi connectivity index (χ1v) is 5.81. The molecule has 17 heavy (non-hydrogen) atoms. The van der Waals surface area contributed by atoms with Crippen LogP contribution in [0.3, 0.4) is 0 Å². The zero-order chi connectivity index (χ0) is 11.8. The van der Waals surface area contributed by atoms with Gasteiger partial charge in [-0.3, -0.25) is 0 Å². The zero-order valence-corrected chi connectivity index (χ0v) is 9.94. The van der Waals surface area contributed by atoms with Gasteiger partial charge in [-0.1, -0.05) is 37.6 Å². The standard InChI is InChI=1S/C13H14N4/c1-8(2)11-5-9-3-4-10(6-12(9)7-11)13-14-16-17-15-13/h3-6,8H,7H2,1-2H3,(H,14,15,16,17). The number of nitrogens with one attached hydrogen (secondary N) is 1. The van der Waals surface area contributed by atoms with Crippen LogP contribution < -0.4 is 0 Å². The van der Waals surface area contributed by atoms with Gasteiger partial charge in [0.1, 0.15) is 0 Å². The first-order valence-electron chi connectivity index (χ1n) is 5.81. The van der Waals surface area contributed by atoms with Crippen LogP contribution in [0.4, 0.5) is 0 Å². The predicted molar refractivity (Wildman–Crippen MR) is 66.1 cm³/mol. The number of fused-ring (bicyclic) bond motifs is 1. The molecule has 1 aliphatic carbocycles. The second-order valence-electron chi connectivity index (χ2n) is 4.70. The molecule has 1 aliphatic rings. The van der Waals surface area contributed by atoms with E-state index >= 15 is 0 Å². The molecule has 0 bridgehead atoms. The van der Waals surface area contributed by atoms with Crippen molar-refractivity contribution in [2.24, 2.45) is 5.92 Å². The van der Waals surface area contributed by atoms with E-state index in [2.05, 4.69) is 52.7 Å². The van der Waals surface area contributed by atoms with Gasteiger partial charge in [-0.05, 0) is 34.7 Å². The molecule has 3 rings (SSSR count). The molecule has 0 radical (unpaired) electrons. The summed E-state index contributed by atoms with van der Waals surface area (Å²) in [5, 5.41) is 14.1. The fourth-order valence-corrected chi connectivity index (χ4v) is 2.16. The van der Waals surface area contributed by atoms with E-state index in [4.69, 9.17) is 0 Å². The molecule has 1 N–H and O–H groups in total. The summed E-state index contributed by atoms with van der Waals surface area (Å²) in [6.45, 7) is 4.47. The first kappa shape index (κ1) is 10.2. The van der Waals surface area contributed by atoms with Crippen molar-refractivity contribution in [2.75, 3.05) is 0 Å². The van der Waals surface area contributed by atoms with E-state index in [0.717, 1.165) is 12.0 Å². The molecule has 0 spiro atoms. The average Bonchev–Trinajstić information content (AvgIpc) is 2.97. The van der Waals surface area contributed by atoms with E-state index in [-0.39, 0.29) is 0 Å². The van der Waals surface area contributed by atoms with E-state index in [9.17, 15) is 0 Å². The molecule has 1 heterocycles. The van der Waals surface area contributed by atoms with Gasteiger partial charge in [-0.2, -0.15) is 5.21 Å². The lowest BCUT2D eigenvalue weighted by Crippen LogP contribution is -1.93. The summed E-state index contributed by atoms with van der Waals surface area (Å²) in [5.74, 6) is 1.27. The molecular formula is C13H14N4. The van der Waals surface area contributed by atoms with E-state index in [0.29, 0.717) is 11.7 Å². The average molecular weight is 226 g/mol. The molecule has 1 aromatic heterocycles. The van der Waals surface area contributed by atoms with Crippen LogP contribution in [-0.2, 0) is 6.42 Å². The van der Waals surface area contributed by atoms with Gasteiger partial charge in [0.05, 0.1) is 0 Å². The Hall–Kier alpha value is -1.97. The van der Waals surface area contributed by atoms with Crippen molar-refractivity contribution in [1.29, 1.82) is 0 Å². The minimum atomic E-state index is 0.607. The van der Waals surface area contributed by atoms with Crippen molar-refractivity contribution in [1.82, 2.24) is 20.6 Å². The normalized spacial score (nSPS) is 13.9. The summed E-state index contributed by atoms with van der Waals surface area (Å²) in [6.07, 6.45) is 3.33. The molecule has 4 heteroatoms. The van der Waals surface area contributed by atoms with E-state index in [1.807, 2.05) is 6.07 Å². The number of benzene rings is 1. The monoisotopic (exact) mass is 226 g/mol. The van der Waals surface area contributed by atoms with E-state index in [1.165, 1.54) is 16.7 Å². The summed E-state index contributed by atoms with van der Waals surface area (Å²) in [6, 6.07) is 6.34. The van der Waals surface area contributed by atoms with Crippen LogP contribution in [0.25, 0.3) is 17.5 Å². The number of H-pyrrole nitrogens is 1. The summed E-state index contributed by atoms with van der Waals surface area (Å²) in [5.41, 5.74) is 5.19. The third kappa shape index (κ3) is 1.75. The topological polar surface area (TPSA) is 54.5 Å². The highest BCUT2D eigenvalue weighted by Crippen LogP contribution is 2.31. The maximum atomic E-state index is 4.00. The van der Waals surface area contributed by atoms with E-state index < -0.39 is 0 Å². The van der Waals surface area contributed by atoms with Gasteiger partial charge in [0.2, 0.25) is 5.82 Å². The van der Waals surface area contributed by atoms with Crippen molar-refractivity contribution >= 4 is 6.08 Å². The Labute approximate surface area is 99.8 Å². The number of allylic oxidation sites excluding steroid dienone is 1. The van der Waals surface area contributed by atoms with Crippen LogP contribution in [0.5, 0.6) is 0 Å². The SMILES string of the molecule is CC(C)C1=Cc2ccc(-c3nn[nH]n3)cc2C1. The summed E-state index contributed by atoms with van der Waals surface area (Å²) >= 11 is 0. The highest BCUT2D eigenvalue weighted by atomic mass is 15.5. The maximum absolute atomic E-state index is 4.00. The number of aromatic nitrogens is 4. The van der Waals surface area contributed by atoms with Gasteiger partial charge in [-0.15, -0.1) is 10.2 Å². The van der Waals surface area contributed by atoms with Crippen LogP contribution in [0.1, 0.15) is 25.0 Å². The van der Waals surface area contributed by atoms with Crippen molar-refractivity contribution in [3.63, 3.8) is 0 Å². The molecule has 0 aliphatic heterocycles. The molecule has 4 nitrogen and oxygen atoms in total. The van der Waals surface area contributed by atoms with Gasteiger partial charge in [0.15, 0.2) is 0 Å². The number of nitrogens with zero attached hydrogens (tertiary/aromatic N) is 3. The maximum Gasteiger partial charge on any atom is 0.204 e. The number of hydrogen-bond acceptors (Lipinski definition) is 3. The lowest BCUT2D eigenvalue weighted by molar-refractivity contribution is 0.754. The van der Waals surface area contributed by atoms with Crippen molar-refractivity contribution in [2.45, 2.75) is 20.3 Å². The van der Waals surface area contributed by atoms with Crippen molar-refractivity contribution < 1.29 is 0 Å².